The standard InChI is InChI=1S/C14H16N2S/c1-10-7-13(5-6-14(10)16)17-9-11-3-2-4-12(15)8-11/h2-8H,9,15-16H2,1H3. The SMILES string of the molecule is Cc1cc(SCc2cccc(N)c2)ccc1N. The number of anilines is 2. The fourth-order valence-corrected chi connectivity index (χ4v) is 2.52. The molecule has 0 heterocycles. The van der Waals surface area contributed by atoms with Crippen LogP contribution in [0.1, 0.15) is 11.1 Å². The first-order valence-corrected chi connectivity index (χ1v) is 6.47. The molecule has 0 radical (unpaired) electrons. The fraction of sp³-hybridized carbons (Fsp3) is 0.143. The maximum atomic E-state index is 5.79. The molecule has 0 bridgehead atoms. The third kappa shape index (κ3) is 3.17. The molecule has 0 saturated heterocycles. The summed E-state index contributed by atoms with van der Waals surface area (Å²) in [5.41, 5.74) is 15.6. The summed E-state index contributed by atoms with van der Waals surface area (Å²) >= 11 is 1.79. The molecule has 0 atom stereocenters. The fourth-order valence-electron chi connectivity index (χ4n) is 1.59. The van der Waals surface area contributed by atoms with Gasteiger partial charge in [0, 0.05) is 22.0 Å². The van der Waals surface area contributed by atoms with E-state index in [1.165, 1.54) is 10.5 Å². The molecule has 0 saturated carbocycles. The monoisotopic (exact) mass is 244 g/mol. The van der Waals surface area contributed by atoms with Crippen molar-refractivity contribution in [3.05, 3.63) is 53.6 Å². The minimum atomic E-state index is 0.816. The Morgan fingerprint density at radius 1 is 1.06 bits per heavy atom. The van der Waals surface area contributed by atoms with Gasteiger partial charge in [-0.15, -0.1) is 11.8 Å². The maximum absolute atomic E-state index is 5.79. The number of nitrogens with two attached hydrogens (primary N) is 2. The Kier molecular flexibility index (Phi) is 3.59. The molecule has 0 amide bonds. The highest BCUT2D eigenvalue weighted by molar-refractivity contribution is 7.98. The minimum absolute atomic E-state index is 0.816. The molecular weight excluding hydrogens is 228 g/mol. The number of nitrogen functional groups attached to an aromatic ring is 2. The quantitative estimate of drug-likeness (QED) is 0.642. The van der Waals surface area contributed by atoms with Crippen molar-refractivity contribution in [1.82, 2.24) is 0 Å². The number of thioether (sulfide) groups is 1. The molecule has 88 valence electrons. The molecule has 3 heteroatoms. The van der Waals surface area contributed by atoms with Crippen LogP contribution in [0.4, 0.5) is 11.4 Å². The van der Waals surface area contributed by atoms with E-state index in [4.69, 9.17) is 11.5 Å². The summed E-state index contributed by atoms with van der Waals surface area (Å²) in [6, 6.07) is 14.1. The van der Waals surface area contributed by atoms with Gasteiger partial charge in [-0.05, 0) is 48.4 Å². The first-order valence-electron chi connectivity index (χ1n) is 5.48. The first-order chi connectivity index (χ1) is 8.15. The Morgan fingerprint density at radius 2 is 1.88 bits per heavy atom. The van der Waals surface area contributed by atoms with E-state index >= 15 is 0 Å². The van der Waals surface area contributed by atoms with Crippen molar-refractivity contribution in [2.24, 2.45) is 0 Å². The predicted octanol–water partition coefficient (Wildman–Crippen LogP) is 3.45. The molecule has 2 aromatic rings. The van der Waals surface area contributed by atoms with E-state index in [1.807, 2.05) is 31.2 Å². The first kappa shape index (κ1) is 11.9. The molecule has 0 unspecified atom stereocenters. The van der Waals surface area contributed by atoms with E-state index in [0.29, 0.717) is 0 Å². The summed E-state index contributed by atoms with van der Waals surface area (Å²) in [7, 11) is 0. The summed E-state index contributed by atoms with van der Waals surface area (Å²) in [4.78, 5) is 1.24. The van der Waals surface area contributed by atoms with Crippen LogP contribution in [0.25, 0.3) is 0 Å². The van der Waals surface area contributed by atoms with Crippen molar-refractivity contribution in [3.63, 3.8) is 0 Å². The second-order valence-electron chi connectivity index (χ2n) is 4.05. The van der Waals surface area contributed by atoms with Gasteiger partial charge in [-0.2, -0.15) is 0 Å². The van der Waals surface area contributed by atoms with Crippen LogP contribution in [0.5, 0.6) is 0 Å². The number of benzene rings is 2. The number of aryl methyl sites for hydroxylation is 1. The smallest absolute Gasteiger partial charge is 0.0344 e. The van der Waals surface area contributed by atoms with Gasteiger partial charge in [-0.3, -0.25) is 0 Å². The van der Waals surface area contributed by atoms with Gasteiger partial charge >= 0.3 is 0 Å². The Labute approximate surface area is 106 Å². The van der Waals surface area contributed by atoms with Crippen molar-refractivity contribution in [1.29, 1.82) is 0 Å². The summed E-state index contributed by atoms with van der Waals surface area (Å²) in [6.45, 7) is 2.03. The highest BCUT2D eigenvalue weighted by Gasteiger charge is 1.99. The van der Waals surface area contributed by atoms with Crippen LogP contribution >= 0.6 is 11.8 Å². The van der Waals surface area contributed by atoms with E-state index in [9.17, 15) is 0 Å². The largest absolute Gasteiger partial charge is 0.399 e. The second kappa shape index (κ2) is 5.15. The average molecular weight is 244 g/mol. The van der Waals surface area contributed by atoms with E-state index in [2.05, 4.69) is 18.2 Å². The van der Waals surface area contributed by atoms with Crippen molar-refractivity contribution < 1.29 is 0 Å². The van der Waals surface area contributed by atoms with Crippen LogP contribution in [0.2, 0.25) is 0 Å². The lowest BCUT2D eigenvalue weighted by atomic mass is 10.2. The average Bonchev–Trinajstić information content (AvgIpc) is 2.31. The normalized spacial score (nSPS) is 10.4. The van der Waals surface area contributed by atoms with Crippen LogP contribution in [0.3, 0.4) is 0 Å². The molecule has 0 aliphatic rings. The van der Waals surface area contributed by atoms with Crippen molar-refractivity contribution in [3.8, 4) is 0 Å². The molecular formula is C14H16N2S. The summed E-state index contributed by atoms with van der Waals surface area (Å²) < 4.78 is 0. The van der Waals surface area contributed by atoms with Crippen molar-refractivity contribution >= 4 is 23.1 Å². The van der Waals surface area contributed by atoms with E-state index in [1.54, 1.807) is 11.8 Å². The van der Waals surface area contributed by atoms with Crippen molar-refractivity contribution in [2.75, 3.05) is 11.5 Å². The van der Waals surface area contributed by atoms with Gasteiger partial charge in [0.15, 0.2) is 0 Å². The molecule has 2 aromatic carbocycles. The van der Waals surface area contributed by atoms with Crippen LogP contribution < -0.4 is 11.5 Å². The lowest BCUT2D eigenvalue weighted by Gasteiger charge is -2.05. The predicted molar refractivity (Wildman–Crippen MR) is 76.0 cm³/mol. The third-order valence-corrected chi connectivity index (χ3v) is 3.66. The lowest BCUT2D eigenvalue weighted by Crippen LogP contribution is -1.89. The summed E-state index contributed by atoms with van der Waals surface area (Å²) in [5, 5.41) is 0. The topological polar surface area (TPSA) is 52.0 Å². The van der Waals surface area contributed by atoms with Crippen LogP contribution in [0.15, 0.2) is 47.4 Å². The zero-order valence-corrected chi connectivity index (χ0v) is 10.6. The minimum Gasteiger partial charge on any atom is -0.399 e. The number of rotatable bonds is 3. The Hall–Kier alpha value is -1.61. The van der Waals surface area contributed by atoms with Gasteiger partial charge in [0.1, 0.15) is 0 Å². The van der Waals surface area contributed by atoms with E-state index in [-0.39, 0.29) is 0 Å². The number of hydrogen-bond donors (Lipinski definition) is 2. The highest BCUT2D eigenvalue weighted by atomic mass is 32.2. The van der Waals surface area contributed by atoms with E-state index in [0.717, 1.165) is 22.7 Å². The zero-order valence-electron chi connectivity index (χ0n) is 9.81. The molecule has 0 aliphatic heterocycles. The summed E-state index contributed by atoms with van der Waals surface area (Å²) in [5.74, 6) is 0.925. The van der Waals surface area contributed by atoms with Gasteiger partial charge in [-0.1, -0.05) is 12.1 Å². The van der Waals surface area contributed by atoms with E-state index < -0.39 is 0 Å². The molecule has 0 spiro atoms. The third-order valence-electron chi connectivity index (χ3n) is 2.60. The molecule has 4 N–H and O–H groups in total. The molecule has 17 heavy (non-hydrogen) atoms. The number of hydrogen-bond acceptors (Lipinski definition) is 3. The lowest BCUT2D eigenvalue weighted by molar-refractivity contribution is 1.34. The molecule has 2 nitrogen and oxygen atoms in total. The Morgan fingerprint density at radius 3 is 2.59 bits per heavy atom. The molecule has 0 aliphatic carbocycles. The van der Waals surface area contributed by atoms with Crippen LogP contribution in [-0.2, 0) is 5.75 Å². The van der Waals surface area contributed by atoms with Gasteiger partial charge < -0.3 is 11.5 Å². The highest BCUT2D eigenvalue weighted by Crippen LogP contribution is 2.26. The second-order valence-corrected chi connectivity index (χ2v) is 5.10. The molecule has 0 aromatic heterocycles. The van der Waals surface area contributed by atoms with Crippen molar-refractivity contribution in [2.45, 2.75) is 17.6 Å². The Balaban J connectivity index is 2.05. The van der Waals surface area contributed by atoms with Gasteiger partial charge in [-0.25, -0.2) is 0 Å². The van der Waals surface area contributed by atoms with Gasteiger partial charge in [0.2, 0.25) is 0 Å². The van der Waals surface area contributed by atoms with Gasteiger partial charge in [0.05, 0.1) is 0 Å². The van der Waals surface area contributed by atoms with Gasteiger partial charge in [0.25, 0.3) is 0 Å². The Bertz CT molecular complexity index is 523. The van der Waals surface area contributed by atoms with Crippen LogP contribution in [-0.4, -0.2) is 0 Å². The molecule has 2 rings (SSSR count). The summed E-state index contributed by atoms with van der Waals surface area (Å²) in [6.07, 6.45) is 0. The maximum Gasteiger partial charge on any atom is 0.0344 e. The van der Waals surface area contributed by atoms with Crippen LogP contribution in [0, 0.1) is 6.92 Å². The molecule has 0 fully saturated rings. The zero-order chi connectivity index (χ0) is 12.3.